The maximum absolute atomic E-state index is 9.09. The molecule has 0 heterocycles. The van der Waals surface area contributed by atoms with Gasteiger partial charge in [-0.05, 0) is 117 Å². The van der Waals surface area contributed by atoms with Gasteiger partial charge < -0.3 is 4.90 Å². The molecule has 0 amide bonds. The van der Waals surface area contributed by atoms with E-state index in [1.807, 2.05) is 12.1 Å². The molecule has 226 valence electrons. The molecule has 0 aliphatic heterocycles. The van der Waals surface area contributed by atoms with Crippen LogP contribution in [-0.4, -0.2) is 0 Å². The van der Waals surface area contributed by atoms with Gasteiger partial charge in [-0.1, -0.05) is 88.4 Å². The molecule has 6 aromatic rings. The van der Waals surface area contributed by atoms with Crippen LogP contribution in [0.25, 0.3) is 22.3 Å². The number of fused-ring (bicyclic) bond motifs is 6. The number of rotatable bonds is 5. The second-order valence-corrected chi connectivity index (χ2v) is 13.5. The minimum Gasteiger partial charge on any atom is -0.310 e. The summed E-state index contributed by atoms with van der Waals surface area (Å²) >= 11 is 0. The Kier molecular flexibility index (Phi) is 6.49. The monoisotopic (exact) mass is 606 g/mol. The summed E-state index contributed by atoms with van der Waals surface area (Å²) in [6.45, 7) is 9.31. The Balaban J connectivity index is 1.23. The zero-order valence-corrected chi connectivity index (χ0v) is 27.0. The maximum atomic E-state index is 9.09. The van der Waals surface area contributed by atoms with Crippen molar-refractivity contribution in [2.24, 2.45) is 10.2 Å². The lowest BCUT2D eigenvalue weighted by molar-refractivity contribution is 0.660. The Labute approximate surface area is 276 Å². The second-order valence-electron chi connectivity index (χ2n) is 13.5. The van der Waals surface area contributed by atoms with E-state index in [9.17, 15) is 0 Å². The maximum Gasteiger partial charge on any atom is 0.0991 e. The molecular weight excluding hydrogens is 573 g/mol. The summed E-state index contributed by atoms with van der Waals surface area (Å²) < 4.78 is 0. The van der Waals surface area contributed by atoms with Gasteiger partial charge in [0.1, 0.15) is 0 Å². The van der Waals surface area contributed by atoms with E-state index in [1.165, 1.54) is 44.5 Å². The minimum atomic E-state index is -0.106. The van der Waals surface area contributed by atoms with Crippen molar-refractivity contribution in [3.8, 4) is 28.3 Å². The fourth-order valence-corrected chi connectivity index (χ4v) is 7.50. The van der Waals surface area contributed by atoms with Crippen LogP contribution in [0.15, 0.2) is 144 Å². The zero-order valence-electron chi connectivity index (χ0n) is 27.0. The van der Waals surface area contributed by atoms with Gasteiger partial charge in [0.2, 0.25) is 0 Å². The quantitative estimate of drug-likeness (QED) is 0.183. The van der Waals surface area contributed by atoms with E-state index in [1.54, 1.807) is 24.3 Å². The fraction of sp³-hybridized carbons (Fsp3) is 0.140. The van der Waals surface area contributed by atoms with Crippen LogP contribution in [0.1, 0.15) is 55.5 Å². The first-order chi connectivity index (χ1) is 22.8. The summed E-state index contributed by atoms with van der Waals surface area (Å²) in [4.78, 5) is 2.36. The van der Waals surface area contributed by atoms with Crippen LogP contribution in [0.2, 0.25) is 0 Å². The number of nitriles is 1. The summed E-state index contributed by atoms with van der Waals surface area (Å²) in [5.41, 5.74) is 15.8. The average Bonchev–Trinajstić information content (AvgIpc) is 3.47. The number of nitrogens with zero attached hydrogens (tertiary/aromatic N) is 4. The highest BCUT2D eigenvalue weighted by Gasteiger charge is 2.37. The molecule has 0 unspecified atom stereocenters. The summed E-state index contributed by atoms with van der Waals surface area (Å²) in [6.07, 6.45) is 0. The van der Waals surface area contributed by atoms with Crippen LogP contribution >= 0.6 is 0 Å². The van der Waals surface area contributed by atoms with Gasteiger partial charge in [-0.15, -0.1) is 0 Å². The lowest BCUT2D eigenvalue weighted by Crippen LogP contribution is -2.18. The highest BCUT2D eigenvalue weighted by atomic mass is 15.1. The first-order valence-electron chi connectivity index (χ1n) is 16.1. The third-order valence-corrected chi connectivity index (χ3v) is 10.0. The average molecular weight is 607 g/mol. The number of hydrogen-bond acceptors (Lipinski definition) is 4. The van der Waals surface area contributed by atoms with Gasteiger partial charge in [0.25, 0.3) is 0 Å². The SMILES string of the molecule is CC1(C)c2ccccc2-c2ccc(N(c3ccc(N=Nc4ccc(C#N)cc4)cc3)c3ccc4c(c3)C(C)(C)c3ccccc3-4)cc21. The van der Waals surface area contributed by atoms with Crippen molar-refractivity contribution in [3.63, 3.8) is 0 Å². The summed E-state index contributed by atoms with van der Waals surface area (Å²) in [5, 5.41) is 18.0. The normalized spacial score (nSPS) is 14.6. The van der Waals surface area contributed by atoms with E-state index in [0.717, 1.165) is 22.7 Å². The Hall–Kier alpha value is -5.79. The first-order valence-corrected chi connectivity index (χ1v) is 16.1. The molecular formula is C43H34N4. The topological polar surface area (TPSA) is 51.8 Å². The molecule has 0 spiro atoms. The van der Waals surface area contributed by atoms with Gasteiger partial charge in [-0.25, -0.2) is 0 Å². The van der Waals surface area contributed by atoms with Crippen molar-refractivity contribution in [3.05, 3.63) is 161 Å². The van der Waals surface area contributed by atoms with Crippen molar-refractivity contribution < 1.29 is 0 Å². The summed E-state index contributed by atoms with van der Waals surface area (Å²) in [6, 6.07) is 48.9. The highest BCUT2D eigenvalue weighted by molar-refractivity contribution is 5.88. The zero-order chi connectivity index (χ0) is 32.3. The summed E-state index contributed by atoms with van der Waals surface area (Å²) in [5.74, 6) is 0. The van der Waals surface area contributed by atoms with Crippen LogP contribution < -0.4 is 4.90 Å². The predicted octanol–water partition coefficient (Wildman–Crippen LogP) is 12.1. The molecule has 0 N–H and O–H groups in total. The molecule has 6 aromatic carbocycles. The highest BCUT2D eigenvalue weighted by Crippen LogP contribution is 2.53. The Bertz CT molecular complexity index is 2140. The molecule has 8 rings (SSSR count). The van der Waals surface area contributed by atoms with E-state index in [4.69, 9.17) is 5.26 Å². The van der Waals surface area contributed by atoms with Gasteiger partial charge in [0, 0.05) is 27.9 Å². The Morgan fingerprint density at radius 2 is 0.872 bits per heavy atom. The van der Waals surface area contributed by atoms with Gasteiger partial charge in [-0.2, -0.15) is 15.5 Å². The van der Waals surface area contributed by atoms with Crippen molar-refractivity contribution in [2.75, 3.05) is 4.90 Å². The lowest BCUT2D eigenvalue weighted by atomic mass is 9.82. The minimum absolute atomic E-state index is 0.106. The van der Waals surface area contributed by atoms with E-state index in [-0.39, 0.29) is 10.8 Å². The van der Waals surface area contributed by atoms with Crippen molar-refractivity contribution in [1.82, 2.24) is 0 Å². The molecule has 47 heavy (non-hydrogen) atoms. The second kappa shape index (κ2) is 10.6. The largest absolute Gasteiger partial charge is 0.310 e. The molecule has 0 saturated heterocycles. The lowest BCUT2D eigenvalue weighted by Gasteiger charge is -2.29. The van der Waals surface area contributed by atoms with Gasteiger partial charge >= 0.3 is 0 Å². The van der Waals surface area contributed by atoms with Gasteiger partial charge in [0.05, 0.1) is 23.0 Å². The molecule has 2 aliphatic carbocycles. The standard InChI is InChI=1S/C43H34N4/c1-42(2)38-11-7-5-9-34(38)36-23-21-32(25-40(36)42)47(31-19-17-30(18-20-31)46-45-29-15-13-28(27-44)14-16-29)33-22-24-37-35-10-6-8-12-39(35)43(3,4)41(37)26-33/h5-26H,1-4H3. The Morgan fingerprint density at radius 1 is 0.468 bits per heavy atom. The van der Waals surface area contributed by atoms with Gasteiger partial charge in [0.15, 0.2) is 0 Å². The molecule has 2 aliphatic rings. The van der Waals surface area contributed by atoms with Crippen molar-refractivity contribution >= 4 is 28.4 Å². The van der Waals surface area contributed by atoms with Crippen LogP contribution in [0.5, 0.6) is 0 Å². The van der Waals surface area contributed by atoms with E-state index in [2.05, 4.69) is 146 Å². The molecule has 0 radical (unpaired) electrons. The third-order valence-electron chi connectivity index (χ3n) is 10.0. The Morgan fingerprint density at radius 3 is 1.34 bits per heavy atom. The molecule has 0 saturated carbocycles. The fourth-order valence-electron chi connectivity index (χ4n) is 7.50. The number of azo groups is 1. The molecule has 0 atom stereocenters. The summed E-state index contributed by atoms with van der Waals surface area (Å²) in [7, 11) is 0. The van der Waals surface area contributed by atoms with Crippen molar-refractivity contribution in [2.45, 2.75) is 38.5 Å². The number of anilines is 3. The number of hydrogen-bond donors (Lipinski definition) is 0. The van der Waals surface area contributed by atoms with E-state index >= 15 is 0 Å². The first kappa shape index (κ1) is 28.7. The van der Waals surface area contributed by atoms with Crippen LogP contribution in [0.4, 0.5) is 28.4 Å². The molecule has 4 nitrogen and oxygen atoms in total. The van der Waals surface area contributed by atoms with E-state index in [0.29, 0.717) is 11.3 Å². The van der Waals surface area contributed by atoms with Crippen LogP contribution in [-0.2, 0) is 10.8 Å². The number of benzene rings is 6. The predicted molar refractivity (Wildman–Crippen MR) is 192 cm³/mol. The molecule has 0 fully saturated rings. The third kappa shape index (κ3) is 4.58. The van der Waals surface area contributed by atoms with Gasteiger partial charge in [-0.3, -0.25) is 0 Å². The molecule has 0 aromatic heterocycles. The van der Waals surface area contributed by atoms with Crippen LogP contribution in [0.3, 0.4) is 0 Å². The molecule has 0 bridgehead atoms. The smallest absolute Gasteiger partial charge is 0.0991 e. The molecule has 4 heteroatoms. The van der Waals surface area contributed by atoms with Crippen LogP contribution in [0, 0.1) is 11.3 Å². The van der Waals surface area contributed by atoms with E-state index < -0.39 is 0 Å². The van der Waals surface area contributed by atoms with Crippen molar-refractivity contribution in [1.29, 1.82) is 5.26 Å².